The molecule has 3 aromatic rings. The number of H-pyrrole nitrogens is 1. The van der Waals surface area contributed by atoms with Gasteiger partial charge in [0, 0.05) is 18.0 Å². The van der Waals surface area contributed by atoms with Gasteiger partial charge in [0.15, 0.2) is 0 Å². The molecule has 0 aliphatic heterocycles. The van der Waals surface area contributed by atoms with Gasteiger partial charge in [-0.15, -0.1) is 10.2 Å². The molecular formula is C12H9N5. The Kier molecular flexibility index (Phi) is 2.34. The van der Waals surface area contributed by atoms with Crippen molar-refractivity contribution in [1.82, 2.24) is 25.6 Å². The zero-order chi connectivity index (χ0) is 11.5. The lowest BCUT2D eigenvalue weighted by molar-refractivity contribution is 0.881. The molecule has 1 N–H and O–H groups in total. The minimum atomic E-state index is 0.553. The zero-order valence-corrected chi connectivity index (χ0v) is 8.91. The Hall–Kier alpha value is -2.56. The van der Waals surface area contributed by atoms with Crippen molar-refractivity contribution in [2.45, 2.75) is 0 Å². The average Bonchev–Trinajstić information content (AvgIpc) is 2.94. The number of hydrogen-bond donors (Lipinski definition) is 1. The van der Waals surface area contributed by atoms with Crippen LogP contribution in [-0.2, 0) is 0 Å². The highest BCUT2D eigenvalue weighted by atomic mass is 15.5. The van der Waals surface area contributed by atoms with Gasteiger partial charge in [-0.1, -0.05) is 30.3 Å². The predicted octanol–water partition coefficient (Wildman–Crippen LogP) is 1.93. The van der Waals surface area contributed by atoms with E-state index in [-0.39, 0.29) is 0 Å². The van der Waals surface area contributed by atoms with Crippen LogP contribution in [-0.4, -0.2) is 25.6 Å². The van der Waals surface area contributed by atoms with Crippen molar-refractivity contribution in [3.63, 3.8) is 0 Å². The maximum atomic E-state index is 4.11. The van der Waals surface area contributed by atoms with E-state index in [4.69, 9.17) is 0 Å². The first kappa shape index (κ1) is 9.65. The first-order chi connectivity index (χ1) is 8.45. The van der Waals surface area contributed by atoms with Crippen LogP contribution in [0.1, 0.15) is 0 Å². The summed E-state index contributed by atoms with van der Waals surface area (Å²) < 4.78 is 0. The van der Waals surface area contributed by atoms with Crippen molar-refractivity contribution < 1.29 is 0 Å². The molecule has 5 heteroatoms. The molecule has 0 atom stereocenters. The van der Waals surface area contributed by atoms with Crippen LogP contribution in [0.25, 0.3) is 22.5 Å². The first-order valence-corrected chi connectivity index (χ1v) is 5.18. The summed E-state index contributed by atoms with van der Waals surface area (Å²) >= 11 is 0. The van der Waals surface area contributed by atoms with E-state index in [0.29, 0.717) is 5.82 Å². The quantitative estimate of drug-likeness (QED) is 0.720. The number of rotatable bonds is 2. The fraction of sp³-hybridized carbons (Fsp3) is 0. The van der Waals surface area contributed by atoms with Crippen LogP contribution >= 0.6 is 0 Å². The van der Waals surface area contributed by atoms with Crippen molar-refractivity contribution >= 4 is 0 Å². The van der Waals surface area contributed by atoms with Crippen molar-refractivity contribution in [3.8, 4) is 22.5 Å². The van der Waals surface area contributed by atoms with Crippen molar-refractivity contribution in [2.75, 3.05) is 0 Å². The Balaban J connectivity index is 2.18. The van der Waals surface area contributed by atoms with Gasteiger partial charge in [-0.05, 0) is 22.4 Å². The van der Waals surface area contributed by atoms with Crippen molar-refractivity contribution in [3.05, 3.63) is 48.8 Å². The fourth-order valence-corrected chi connectivity index (χ4v) is 1.72. The highest BCUT2D eigenvalue weighted by molar-refractivity contribution is 5.79. The molecule has 0 aliphatic carbocycles. The molecule has 2 aromatic heterocycles. The second-order valence-electron chi connectivity index (χ2n) is 3.52. The Morgan fingerprint density at radius 1 is 0.941 bits per heavy atom. The summed E-state index contributed by atoms with van der Waals surface area (Å²) in [6.45, 7) is 0. The highest BCUT2D eigenvalue weighted by Crippen LogP contribution is 2.28. The van der Waals surface area contributed by atoms with Crippen LogP contribution in [0.3, 0.4) is 0 Å². The van der Waals surface area contributed by atoms with Crippen LogP contribution in [0, 0.1) is 0 Å². The fourth-order valence-electron chi connectivity index (χ4n) is 1.72. The minimum Gasteiger partial charge on any atom is -0.264 e. The largest absolute Gasteiger partial charge is 0.264 e. The van der Waals surface area contributed by atoms with Gasteiger partial charge in [-0.25, -0.2) is 0 Å². The standard InChI is InChI=1S/C12H9N5/c1-2-4-9(5-3-1)10-6-7-13-8-11(10)12-14-16-17-15-12/h1-8H,(H,14,15,16,17). The molecule has 0 saturated heterocycles. The van der Waals surface area contributed by atoms with Gasteiger partial charge in [0.25, 0.3) is 0 Å². The Bertz CT molecular complexity index is 604. The lowest BCUT2D eigenvalue weighted by Gasteiger charge is -2.05. The van der Waals surface area contributed by atoms with Crippen LogP contribution < -0.4 is 0 Å². The maximum Gasteiger partial charge on any atom is 0.206 e. The van der Waals surface area contributed by atoms with E-state index in [2.05, 4.69) is 25.6 Å². The monoisotopic (exact) mass is 223 g/mol. The van der Waals surface area contributed by atoms with E-state index in [1.165, 1.54) is 0 Å². The van der Waals surface area contributed by atoms with Gasteiger partial charge in [-0.3, -0.25) is 4.98 Å². The SMILES string of the molecule is c1ccc(-c2ccncc2-c2nn[nH]n2)cc1. The van der Waals surface area contributed by atoms with E-state index < -0.39 is 0 Å². The molecule has 0 amide bonds. The van der Waals surface area contributed by atoms with Gasteiger partial charge in [0.2, 0.25) is 5.82 Å². The lowest BCUT2D eigenvalue weighted by atomic mass is 10.0. The molecule has 0 saturated carbocycles. The molecule has 0 aliphatic rings. The minimum absolute atomic E-state index is 0.553. The van der Waals surface area contributed by atoms with Gasteiger partial charge in [0.1, 0.15) is 0 Å². The number of nitrogens with zero attached hydrogens (tertiary/aromatic N) is 4. The highest BCUT2D eigenvalue weighted by Gasteiger charge is 2.10. The normalized spacial score (nSPS) is 10.4. The van der Waals surface area contributed by atoms with Gasteiger partial charge in [0.05, 0.1) is 0 Å². The Morgan fingerprint density at radius 3 is 2.59 bits per heavy atom. The molecule has 2 heterocycles. The molecule has 17 heavy (non-hydrogen) atoms. The van der Waals surface area contributed by atoms with E-state index >= 15 is 0 Å². The smallest absolute Gasteiger partial charge is 0.206 e. The summed E-state index contributed by atoms with van der Waals surface area (Å²) in [5.41, 5.74) is 3.02. The summed E-state index contributed by atoms with van der Waals surface area (Å²) in [5, 5.41) is 14.0. The summed E-state index contributed by atoms with van der Waals surface area (Å²) in [6, 6.07) is 12.0. The molecule has 5 nitrogen and oxygen atoms in total. The summed E-state index contributed by atoms with van der Waals surface area (Å²) in [7, 11) is 0. The first-order valence-electron chi connectivity index (χ1n) is 5.18. The number of nitrogens with one attached hydrogen (secondary N) is 1. The Morgan fingerprint density at radius 2 is 1.82 bits per heavy atom. The third kappa shape index (κ3) is 1.78. The van der Waals surface area contributed by atoms with Crippen LogP contribution in [0.4, 0.5) is 0 Å². The summed E-state index contributed by atoms with van der Waals surface area (Å²) in [4.78, 5) is 4.11. The second-order valence-corrected chi connectivity index (χ2v) is 3.52. The van der Waals surface area contributed by atoms with E-state index in [0.717, 1.165) is 16.7 Å². The maximum absolute atomic E-state index is 4.11. The molecule has 0 radical (unpaired) electrons. The lowest BCUT2D eigenvalue weighted by Crippen LogP contribution is -1.88. The van der Waals surface area contributed by atoms with Crippen molar-refractivity contribution in [1.29, 1.82) is 0 Å². The van der Waals surface area contributed by atoms with E-state index in [1.54, 1.807) is 12.4 Å². The molecule has 1 aromatic carbocycles. The molecule has 0 unspecified atom stereocenters. The van der Waals surface area contributed by atoms with E-state index in [9.17, 15) is 0 Å². The van der Waals surface area contributed by atoms with E-state index in [1.807, 2.05) is 36.4 Å². The third-order valence-electron chi connectivity index (χ3n) is 2.49. The number of tetrazole rings is 1. The van der Waals surface area contributed by atoms with Crippen LogP contribution in [0.2, 0.25) is 0 Å². The van der Waals surface area contributed by atoms with Gasteiger partial charge < -0.3 is 0 Å². The molecular weight excluding hydrogens is 214 g/mol. The zero-order valence-electron chi connectivity index (χ0n) is 8.91. The second kappa shape index (κ2) is 4.13. The van der Waals surface area contributed by atoms with Gasteiger partial charge >= 0.3 is 0 Å². The molecule has 82 valence electrons. The number of hydrogen-bond acceptors (Lipinski definition) is 4. The predicted molar refractivity (Wildman–Crippen MR) is 62.8 cm³/mol. The summed E-state index contributed by atoms with van der Waals surface area (Å²) in [5.74, 6) is 0.553. The van der Waals surface area contributed by atoms with Gasteiger partial charge in [-0.2, -0.15) is 5.21 Å². The number of aromatic amines is 1. The molecule has 0 fully saturated rings. The van der Waals surface area contributed by atoms with Crippen molar-refractivity contribution in [2.24, 2.45) is 0 Å². The number of pyridine rings is 1. The number of benzene rings is 1. The third-order valence-corrected chi connectivity index (χ3v) is 2.49. The molecule has 0 bridgehead atoms. The van der Waals surface area contributed by atoms with Crippen LogP contribution in [0.15, 0.2) is 48.8 Å². The molecule has 3 rings (SSSR count). The average molecular weight is 223 g/mol. The molecule has 0 spiro atoms. The van der Waals surface area contributed by atoms with Crippen LogP contribution in [0.5, 0.6) is 0 Å². The summed E-state index contributed by atoms with van der Waals surface area (Å²) in [6.07, 6.45) is 3.50. The topological polar surface area (TPSA) is 67.3 Å². The number of aromatic nitrogens is 5. The Labute approximate surface area is 97.5 Å².